The zero-order valence-corrected chi connectivity index (χ0v) is 28.5. The number of aliphatic hydroxyl groups excluding tert-OH is 1. The van der Waals surface area contributed by atoms with Gasteiger partial charge in [-0.1, -0.05) is 37.3 Å². The lowest BCUT2D eigenvalue weighted by molar-refractivity contribution is -0.132. The van der Waals surface area contributed by atoms with Crippen LogP contribution in [-0.4, -0.2) is 110 Å². The Balaban J connectivity index is 1.87. The molecule has 0 radical (unpaired) electrons. The molecule has 1 aliphatic heterocycles. The van der Waals surface area contributed by atoms with Crippen molar-refractivity contribution >= 4 is 23.4 Å². The van der Waals surface area contributed by atoms with E-state index in [0.29, 0.717) is 43.1 Å². The van der Waals surface area contributed by atoms with Crippen LogP contribution in [0.4, 0.5) is 5.69 Å². The Bertz CT molecular complexity index is 1260. The lowest BCUT2D eigenvalue weighted by Gasteiger charge is -2.36. The minimum absolute atomic E-state index is 0.0652. The normalized spacial score (nSPS) is 20.3. The van der Waals surface area contributed by atoms with Gasteiger partial charge in [0.1, 0.15) is 5.75 Å². The monoisotopic (exact) mass is 638 g/mol. The molecule has 10 heteroatoms. The highest BCUT2D eigenvalue weighted by Gasteiger charge is 2.31. The molecular weight excluding hydrogens is 584 g/mol. The van der Waals surface area contributed by atoms with Gasteiger partial charge in [0.15, 0.2) is 0 Å². The Hall–Kier alpha value is -3.47. The lowest BCUT2D eigenvalue weighted by atomic mass is 10.0. The zero-order valence-electron chi connectivity index (χ0n) is 28.5. The zero-order chi connectivity index (χ0) is 33.6. The van der Waals surface area contributed by atoms with E-state index in [2.05, 4.69) is 10.2 Å². The molecule has 1 aliphatic rings. The van der Waals surface area contributed by atoms with E-state index in [1.807, 2.05) is 65.3 Å². The number of amides is 3. The summed E-state index contributed by atoms with van der Waals surface area (Å²) in [7, 11) is 5.79. The van der Waals surface area contributed by atoms with Gasteiger partial charge in [-0.25, -0.2) is 0 Å². The van der Waals surface area contributed by atoms with Crippen molar-refractivity contribution in [3.05, 3.63) is 59.7 Å². The second-order valence-electron chi connectivity index (χ2n) is 12.9. The Morgan fingerprint density at radius 1 is 1.09 bits per heavy atom. The third-order valence-corrected chi connectivity index (χ3v) is 8.42. The van der Waals surface area contributed by atoms with Crippen LogP contribution >= 0.6 is 0 Å². The Labute approximate surface area is 275 Å². The molecule has 2 aromatic carbocycles. The van der Waals surface area contributed by atoms with Gasteiger partial charge in [-0.2, -0.15) is 0 Å². The van der Waals surface area contributed by atoms with Crippen LogP contribution in [0.1, 0.15) is 68.8 Å². The average molecular weight is 639 g/mol. The van der Waals surface area contributed by atoms with E-state index < -0.39 is 6.04 Å². The Morgan fingerprint density at radius 3 is 2.52 bits per heavy atom. The van der Waals surface area contributed by atoms with Gasteiger partial charge in [-0.15, -0.1) is 0 Å². The fourth-order valence-electron chi connectivity index (χ4n) is 5.56. The first kappa shape index (κ1) is 37.0. The fourth-order valence-corrected chi connectivity index (χ4v) is 5.56. The van der Waals surface area contributed by atoms with E-state index in [-0.39, 0.29) is 48.9 Å². The summed E-state index contributed by atoms with van der Waals surface area (Å²) in [4.78, 5) is 45.6. The number of nitrogens with zero attached hydrogens (tertiary/aromatic N) is 3. The molecule has 2 N–H and O–H groups in total. The molecule has 0 saturated carbocycles. The summed E-state index contributed by atoms with van der Waals surface area (Å²) in [5, 5.41) is 13.1. The van der Waals surface area contributed by atoms with Crippen molar-refractivity contribution in [2.45, 2.75) is 77.5 Å². The average Bonchev–Trinajstić information content (AvgIpc) is 3.02. The van der Waals surface area contributed by atoms with E-state index in [1.54, 1.807) is 34.9 Å². The molecule has 2 aromatic rings. The molecule has 0 fully saturated rings. The molecule has 3 rings (SSSR count). The number of fused-ring (bicyclic) bond motifs is 1. The second kappa shape index (κ2) is 18.6. The van der Waals surface area contributed by atoms with Crippen LogP contribution in [0.3, 0.4) is 0 Å². The van der Waals surface area contributed by atoms with Crippen molar-refractivity contribution in [1.29, 1.82) is 0 Å². The summed E-state index contributed by atoms with van der Waals surface area (Å²) < 4.78 is 12.7. The highest BCUT2D eigenvalue weighted by molar-refractivity contribution is 6.00. The van der Waals surface area contributed by atoms with Gasteiger partial charge < -0.3 is 34.6 Å². The van der Waals surface area contributed by atoms with Gasteiger partial charge in [0.05, 0.1) is 36.8 Å². The molecule has 0 saturated heterocycles. The van der Waals surface area contributed by atoms with Crippen molar-refractivity contribution in [3.8, 4) is 5.75 Å². The molecular formula is C36H54N4O6. The molecule has 0 aromatic heterocycles. The minimum Gasteiger partial charge on any atom is -0.490 e. The lowest BCUT2D eigenvalue weighted by Crippen LogP contribution is -2.48. The first-order valence-electron chi connectivity index (χ1n) is 16.5. The largest absolute Gasteiger partial charge is 0.490 e. The fraction of sp³-hybridized carbons (Fsp3) is 0.583. The third kappa shape index (κ3) is 11.7. The summed E-state index contributed by atoms with van der Waals surface area (Å²) in [6.45, 7) is 7.66. The molecule has 3 amide bonds. The van der Waals surface area contributed by atoms with Crippen molar-refractivity contribution in [2.24, 2.45) is 5.92 Å². The van der Waals surface area contributed by atoms with Crippen LogP contribution in [0, 0.1) is 5.92 Å². The van der Waals surface area contributed by atoms with E-state index >= 15 is 0 Å². The number of likely N-dealkylation sites (N-methyl/N-ethyl adjacent to an activating group) is 1. The van der Waals surface area contributed by atoms with Crippen molar-refractivity contribution in [2.75, 3.05) is 59.3 Å². The molecule has 1 heterocycles. The maximum absolute atomic E-state index is 14.3. The number of aliphatic hydroxyl groups is 1. The first-order chi connectivity index (χ1) is 22.0. The topological polar surface area (TPSA) is 112 Å². The van der Waals surface area contributed by atoms with Gasteiger partial charge in [-0.05, 0) is 83.9 Å². The maximum Gasteiger partial charge on any atom is 0.258 e. The molecule has 10 nitrogen and oxygen atoms in total. The number of anilines is 1. The SMILES string of the molecule is C[C@@H]1CCCCO[C@@H](CN(C)C(=O)CCCN(C)C)[C@@H](C)CN([C@H](C)CO)C(=O)c2cc(NC(=O)Cc3ccccc3)ccc2O1. The van der Waals surface area contributed by atoms with Crippen LogP contribution in [0.25, 0.3) is 0 Å². The highest BCUT2D eigenvalue weighted by atomic mass is 16.5. The first-order valence-corrected chi connectivity index (χ1v) is 16.5. The van der Waals surface area contributed by atoms with Crippen molar-refractivity contribution < 1.29 is 29.0 Å². The van der Waals surface area contributed by atoms with E-state index in [0.717, 1.165) is 37.8 Å². The summed E-state index contributed by atoms with van der Waals surface area (Å²) in [5.41, 5.74) is 1.70. The molecule has 4 atom stereocenters. The van der Waals surface area contributed by atoms with Crippen LogP contribution < -0.4 is 10.1 Å². The van der Waals surface area contributed by atoms with Crippen LogP contribution in [0.5, 0.6) is 5.75 Å². The molecule has 0 spiro atoms. The third-order valence-electron chi connectivity index (χ3n) is 8.42. The number of nitrogens with one attached hydrogen (secondary N) is 1. The number of carbonyl (C=O) groups is 3. The maximum atomic E-state index is 14.3. The number of ether oxygens (including phenoxy) is 2. The summed E-state index contributed by atoms with van der Waals surface area (Å²) in [6.07, 6.45) is 3.48. The van der Waals surface area contributed by atoms with Gasteiger partial charge in [0.25, 0.3) is 5.91 Å². The van der Waals surface area contributed by atoms with Gasteiger partial charge in [0.2, 0.25) is 11.8 Å². The highest BCUT2D eigenvalue weighted by Crippen LogP contribution is 2.28. The number of hydrogen-bond acceptors (Lipinski definition) is 7. The standard InChI is InChI=1S/C36H54N4O6/c1-26-23-40(27(2)25-41)36(44)31-22-30(37-34(42)21-29-14-8-7-9-15-29)17-18-32(31)46-28(3)13-10-11-20-45-33(26)24-39(6)35(43)16-12-19-38(4)5/h7-9,14-15,17-18,22,26-28,33,41H,10-13,16,19-21,23-25H2,1-6H3,(H,37,42)/t26-,27+,28+,33-/m0/s1. The van der Waals surface area contributed by atoms with Gasteiger partial charge in [-0.3, -0.25) is 14.4 Å². The van der Waals surface area contributed by atoms with E-state index in [4.69, 9.17) is 9.47 Å². The minimum atomic E-state index is -0.490. The number of hydrogen-bond donors (Lipinski definition) is 2. The van der Waals surface area contributed by atoms with E-state index in [1.165, 1.54) is 0 Å². The van der Waals surface area contributed by atoms with Gasteiger partial charge >= 0.3 is 0 Å². The quantitative estimate of drug-likeness (QED) is 0.374. The van der Waals surface area contributed by atoms with Crippen molar-refractivity contribution in [1.82, 2.24) is 14.7 Å². The summed E-state index contributed by atoms with van der Waals surface area (Å²) >= 11 is 0. The predicted molar refractivity (Wildman–Crippen MR) is 181 cm³/mol. The molecule has 0 bridgehead atoms. The molecule has 0 unspecified atom stereocenters. The molecule has 0 aliphatic carbocycles. The van der Waals surface area contributed by atoms with Gasteiger partial charge in [0, 0.05) is 44.8 Å². The number of carbonyl (C=O) groups excluding carboxylic acids is 3. The Kier molecular flexibility index (Phi) is 15.0. The predicted octanol–water partition coefficient (Wildman–Crippen LogP) is 4.46. The van der Waals surface area contributed by atoms with Crippen LogP contribution in [0.15, 0.2) is 48.5 Å². The molecule has 254 valence electrons. The van der Waals surface area contributed by atoms with Crippen LogP contribution in [-0.2, 0) is 20.7 Å². The molecule has 46 heavy (non-hydrogen) atoms. The summed E-state index contributed by atoms with van der Waals surface area (Å²) in [6, 6.07) is 14.1. The number of rotatable bonds is 11. The second-order valence-corrected chi connectivity index (χ2v) is 12.9. The smallest absolute Gasteiger partial charge is 0.258 e. The summed E-state index contributed by atoms with van der Waals surface area (Å²) in [5.74, 6) is -0.137. The number of benzene rings is 2. The van der Waals surface area contributed by atoms with Crippen LogP contribution in [0.2, 0.25) is 0 Å². The Morgan fingerprint density at radius 2 is 1.83 bits per heavy atom. The van der Waals surface area contributed by atoms with Crippen molar-refractivity contribution in [3.63, 3.8) is 0 Å². The van der Waals surface area contributed by atoms with E-state index in [9.17, 15) is 19.5 Å².